The molecular weight excluding hydrogens is 212 g/mol. The number of amides is 1. The van der Waals surface area contributed by atoms with E-state index in [4.69, 9.17) is 0 Å². The van der Waals surface area contributed by atoms with E-state index in [0.29, 0.717) is 18.4 Å². The molecule has 2 N–H and O–H groups in total. The van der Waals surface area contributed by atoms with E-state index in [9.17, 15) is 4.79 Å². The first kappa shape index (κ1) is 13.6. The SMILES string of the molecule is CC(C)CC(=O)Nc1ccc(NC(C)C)cc1. The number of carbonyl (C=O) groups excluding carboxylic acids is 1. The number of rotatable bonds is 5. The van der Waals surface area contributed by atoms with Crippen molar-refractivity contribution in [2.24, 2.45) is 5.92 Å². The van der Waals surface area contributed by atoms with E-state index < -0.39 is 0 Å². The third-order valence-electron chi connectivity index (χ3n) is 2.22. The number of nitrogens with one attached hydrogen (secondary N) is 2. The second kappa shape index (κ2) is 6.28. The lowest BCUT2D eigenvalue weighted by Crippen LogP contribution is -2.14. The Hall–Kier alpha value is -1.51. The molecular formula is C14H22N2O. The minimum absolute atomic E-state index is 0.0737. The van der Waals surface area contributed by atoms with Gasteiger partial charge in [0.1, 0.15) is 0 Å². The maximum absolute atomic E-state index is 11.6. The molecule has 94 valence electrons. The first-order chi connectivity index (χ1) is 7.97. The highest BCUT2D eigenvalue weighted by molar-refractivity contribution is 5.90. The lowest BCUT2D eigenvalue weighted by molar-refractivity contribution is -0.116. The van der Waals surface area contributed by atoms with Gasteiger partial charge in [-0.15, -0.1) is 0 Å². The molecule has 0 unspecified atom stereocenters. The number of carbonyl (C=O) groups is 1. The molecule has 0 saturated heterocycles. The quantitative estimate of drug-likeness (QED) is 0.818. The molecule has 0 aliphatic heterocycles. The Balaban J connectivity index is 2.53. The van der Waals surface area contributed by atoms with Crippen molar-refractivity contribution >= 4 is 17.3 Å². The molecule has 1 rings (SSSR count). The molecule has 17 heavy (non-hydrogen) atoms. The largest absolute Gasteiger partial charge is 0.383 e. The lowest BCUT2D eigenvalue weighted by Gasteiger charge is -2.11. The third kappa shape index (κ3) is 5.38. The van der Waals surface area contributed by atoms with Crippen LogP contribution in [0.4, 0.5) is 11.4 Å². The van der Waals surface area contributed by atoms with Gasteiger partial charge < -0.3 is 10.6 Å². The molecule has 0 atom stereocenters. The predicted octanol–water partition coefficient (Wildman–Crippen LogP) is 3.49. The van der Waals surface area contributed by atoms with Crippen LogP contribution in [0.1, 0.15) is 34.1 Å². The van der Waals surface area contributed by atoms with Gasteiger partial charge >= 0.3 is 0 Å². The van der Waals surface area contributed by atoms with Gasteiger partial charge in [0.25, 0.3) is 0 Å². The van der Waals surface area contributed by atoms with Crippen LogP contribution < -0.4 is 10.6 Å². The fraction of sp³-hybridized carbons (Fsp3) is 0.500. The van der Waals surface area contributed by atoms with Crippen molar-refractivity contribution in [1.29, 1.82) is 0 Å². The minimum Gasteiger partial charge on any atom is -0.383 e. The second-order valence-corrected chi connectivity index (χ2v) is 5.02. The Morgan fingerprint density at radius 3 is 2.06 bits per heavy atom. The zero-order valence-corrected chi connectivity index (χ0v) is 11.1. The van der Waals surface area contributed by atoms with Crippen LogP contribution in [0.2, 0.25) is 0 Å². The molecule has 1 aromatic rings. The summed E-state index contributed by atoms with van der Waals surface area (Å²) in [6.45, 7) is 8.26. The van der Waals surface area contributed by atoms with E-state index in [1.54, 1.807) is 0 Å². The highest BCUT2D eigenvalue weighted by Gasteiger charge is 2.05. The standard InChI is InChI=1S/C14H22N2O/c1-10(2)9-14(17)16-13-7-5-12(6-8-13)15-11(3)4/h5-8,10-11,15H,9H2,1-4H3,(H,16,17). The molecule has 3 heteroatoms. The Bertz CT molecular complexity index is 355. The van der Waals surface area contributed by atoms with Crippen molar-refractivity contribution in [1.82, 2.24) is 0 Å². The van der Waals surface area contributed by atoms with Crippen LogP contribution in [0, 0.1) is 5.92 Å². The smallest absolute Gasteiger partial charge is 0.224 e. The highest BCUT2D eigenvalue weighted by atomic mass is 16.1. The van der Waals surface area contributed by atoms with Gasteiger partial charge in [-0.3, -0.25) is 4.79 Å². The van der Waals surface area contributed by atoms with Crippen molar-refractivity contribution in [3.63, 3.8) is 0 Å². The van der Waals surface area contributed by atoms with Gasteiger partial charge in [0, 0.05) is 23.8 Å². The Morgan fingerprint density at radius 1 is 1.06 bits per heavy atom. The van der Waals surface area contributed by atoms with E-state index >= 15 is 0 Å². The fourth-order valence-electron chi connectivity index (χ4n) is 1.57. The normalized spacial score (nSPS) is 10.7. The van der Waals surface area contributed by atoms with Gasteiger partial charge in [-0.05, 0) is 44.0 Å². The molecule has 1 amide bonds. The van der Waals surface area contributed by atoms with E-state index in [1.165, 1.54) is 0 Å². The average Bonchev–Trinajstić information content (AvgIpc) is 2.18. The van der Waals surface area contributed by atoms with Gasteiger partial charge in [0.05, 0.1) is 0 Å². The van der Waals surface area contributed by atoms with E-state index in [0.717, 1.165) is 11.4 Å². The highest BCUT2D eigenvalue weighted by Crippen LogP contribution is 2.15. The van der Waals surface area contributed by atoms with E-state index in [-0.39, 0.29) is 5.91 Å². The van der Waals surface area contributed by atoms with Crippen LogP contribution in [0.15, 0.2) is 24.3 Å². The summed E-state index contributed by atoms with van der Waals surface area (Å²) in [4.78, 5) is 11.6. The van der Waals surface area contributed by atoms with Gasteiger partial charge in [-0.1, -0.05) is 13.8 Å². The van der Waals surface area contributed by atoms with Crippen LogP contribution >= 0.6 is 0 Å². The van der Waals surface area contributed by atoms with Crippen LogP contribution in [0.5, 0.6) is 0 Å². The summed E-state index contributed by atoms with van der Waals surface area (Å²) in [5.74, 6) is 0.460. The molecule has 0 heterocycles. The maximum Gasteiger partial charge on any atom is 0.224 e. The first-order valence-electron chi connectivity index (χ1n) is 6.14. The van der Waals surface area contributed by atoms with Crippen LogP contribution in [0.25, 0.3) is 0 Å². The zero-order valence-electron chi connectivity index (χ0n) is 11.1. The third-order valence-corrected chi connectivity index (χ3v) is 2.22. The molecule has 0 saturated carbocycles. The Kier molecular flexibility index (Phi) is 5.01. The summed E-state index contributed by atoms with van der Waals surface area (Å²) in [5, 5.41) is 6.19. The molecule has 0 fully saturated rings. The summed E-state index contributed by atoms with van der Waals surface area (Å²) >= 11 is 0. The van der Waals surface area contributed by atoms with Crippen LogP contribution in [0.3, 0.4) is 0 Å². The van der Waals surface area contributed by atoms with Crippen molar-refractivity contribution < 1.29 is 4.79 Å². The molecule has 0 aromatic heterocycles. The fourth-order valence-corrected chi connectivity index (χ4v) is 1.57. The number of anilines is 2. The van der Waals surface area contributed by atoms with Crippen molar-refractivity contribution in [3.8, 4) is 0 Å². The molecule has 1 aromatic carbocycles. The minimum atomic E-state index is 0.0737. The van der Waals surface area contributed by atoms with Gasteiger partial charge in [0.15, 0.2) is 0 Å². The van der Waals surface area contributed by atoms with E-state index in [2.05, 4.69) is 24.5 Å². The van der Waals surface area contributed by atoms with Gasteiger partial charge in [-0.2, -0.15) is 0 Å². The summed E-state index contributed by atoms with van der Waals surface area (Å²) in [7, 11) is 0. The summed E-state index contributed by atoms with van der Waals surface area (Å²) in [5.41, 5.74) is 1.92. The predicted molar refractivity (Wildman–Crippen MR) is 73.3 cm³/mol. The zero-order chi connectivity index (χ0) is 12.8. The van der Waals surface area contributed by atoms with Gasteiger partial charge in [0.2, 0.25) is 5.91 Å². The summed E-state index contributed by atoms with van der Waals surface area (Å²) in [6, 6.07) is 8.21. The average molecular weight is 234 g/mol. The van der Waals surface area contributed by atoms with Gasteiger partial charge in [-0.25, -0.2) is 0 Å². The number of hydrogen-bond acceptors (Lipinski definition) is 2. The maximum atomic E-state index is 11.6. The van der Waals surface area contributed by atoms with Crippen molar-refractivity contribution in [2.45, 2.75) is 40.2 Å². The molecule has 0 spiro atoms. The second-order valence-electron chi connectivity index (χ2n) is 5.02. The monoisotopic (exact) mass is 234 g/mol. The molecule has 0 bridgehead atoms. The topological polar surface area (TPSA) is 41.1 Å². The van der Waals surface area contributed by atoms with Crippen LogP contribution in [-0.2, 0) is 4.79 Å². The van der Waals surface area contributed by atoms with Crippen LogP contribution in [-0.4, -0.2) is 11.9 Å². The van der Waals surface area contributed by atoms with E-state index in [1.807, 2.05) is 38.1 Å². The van der Waals surface area contributed by atoms with Crippen molar-refractivity contribution in [3.05, 3.63) is 24.3 Å². The molecule has 3 nitrogen and oxygen atoms in total. The number of benzene rings is 1. The molecule has 0 aliphatic rings. The number of hydrogen-bond donors (Lipinski definition) is 2. The summed E-state index contributed by atoms with van der Waals surface area (Å²) in [6.07, 6.45) is 0.562. The Labute approximate surface area is 104 Å². The summed E-state index contributed by atoms with van der Waals surface area (Å²) < 4.78 is 0. The van der Waals surface area contributed by atoms with Crippen molar-refractivity contribution in [2.75, 3.05) is 10.6 Å². The molecule has 0 aliphatic carbocycles. The molecule has 0 radical (unpaired) electrons. The first-order valence-corrected chi connectivity index (χ1v) is 6.14. The Morgan fingerprint density at radius 2 is 1.59 bits per heavy atom. The lowest BCUT2D eigenvalue weighted by atomic mass is 10.1.